The van der Waals surface area contributed by atoms with Crippen molar-refractivity contribution in [2.75, 3.05) is 31.1 Å². The standard InChI is InChI=1S/C15H14BrN5O4S2/c16-11-2-1-3-12(10-11)27(24,25)19-6-4-18(5-7-19)13-14(21(22)23)20-8-9-26-15(20)17-13/h1-3,8-10H,4-7H2. The number of fused-ring (bicyclic) bond motifs is 1. The molecule has 1 saturated heterocycles. The Hall–Kier alpha value is -2.02. The van der Waals surface area contributed by atoms with Crippen molar-refractivity contribution in [3.63, 3.8) is 0 Å². The molecule has 0 aliphatic carbocycles. The van der Waals surface area contributed by atoms with Crippen LogP contribution in [0.1, 0.15) is 0 Å². The molecule has 0 bridgehead atoms. The predicted octanol–water partition coefficient (Wildman–Crippen LogP) is 2.58. The summed E-state index contributed by atoms with van der Waals surface area (Å²) >= 11 is 4.61. The van der Waals surface area contributed by atoms with Gasteiger partial charge >= 0.3 is 5.82 Å². The quantitative estimate of drug-likeness (QED) is 0.428. The van der Waals surface area contributed by atoms with Gasteiger partial charge in [0.05, 0.1) is 4.90 Å². The fourth-order valence-corrected chi connectivity index (χ4v) is 5.78. The number of sulfonamides is 1. The van der Waals surface area contributed by atoms with E-state index in [-0.39, 0.29) is 29.6 Å². The summed E-state index contributed by atoms with van der Waals surface area (Å²) in [6.07, 6.45) is 1.61. The molecule has 0 N–H and O–H groups in total. The fourth-order valence-electron chi connectivity index (χ4n) is 3.06. The number of hydrogen-bond acceptors (Lipinski definition) is 7. The minimum absolute atomic E-state index is 0.0884. The number of imidazole rings is 1. The molecule has 1 aliphatic rings. The third-order valence-corrected chi connectivity index (χ3v) is 7.51. The van der Waals surface area contributed by atoms with E-state index in [4.69, 9.17) is 0 Å². The third-order valence-electron chi connectivity index (χ3n) is 4.36. The Bertz CT molecular complexity index is 1120. The van der Waals surface area contributed by atoms with Crippen LogP contribution in [0.15, 0.2) is 45.2 Å². The van der Waals surface area contributed by atoms with E-state index in [1.54, 1.807) is 40.7 Å². The van der Waals surface area contributed by atoms with Crippen molar-refractivity contribution >= 4 is 53.9 Å². The first kappa shape index (κ1) is 18.3. The van der Waals surface area contributed by atoms with Gasteiger partial charge in [0.25, 0.3) is 4.96 Å². The van der Waals surface area contributed by atoms with Gasteiger partial charge in [0.15, 0.2) is 0 Å². The topological polar surface area (TPSA) is 101 Å². The van der Waals surface area contributed by atoms with Crippen LogP contribution in [-0.2, 0) is 10.0 Å². The molecule has 27 heavy (non-hydrogen) atoms. The summed E-state index contributed by atoms with van der Waals surface area (Å²) in [5.41, 5.74) is 0. The Morgan fingerprint density at radius 1 is 1.22 bits per heavy atom. The second-order valence-electron chi connectivity index (χ2n) is 5.92. The molecule has 9 nitrogen and oxygen atoms in total. The maximum atomic E-state index is 12.8. The van der Waals surface area contributed by atoms with E-state index in [9.17, 15) is 18.5 Å². The molecule has 4 rings (SSSR count). The van der Waals surface area contributed by atoms with E-state index in [2.05, 4.69) is 20.9 Å². The van der Waals surface area contributed by atoms with Crippen LogP contribution in [0.2, 0.25) is 0 Å². The lowest BCUT2D eigenvalue weighted by Gasteiger charge is -2.33. The second-order valence-corrected chi connectivity index (χ2v) is 9.65. The van der Waals surface area contributed by atoms with Crippen LogP contribution < -0.4 is 4.90 Å². The first-order chi connectivity index (χ1) is 12.9. The lowest BCUT2D eigenvalue weighted by Crippen LogP contribution is -2.48. The van der Waals surface area contributed by atoms with Crippen molar-refractivity contribution in [1.82, 2.24) is 13.7 Å². The number of piperazine rings is 1. The predicted molar refractivity (Wildman–Crippen MR) is 105 cm³/mol. The number of nitrogens with zero attached hydrogens (tertiary/aromatic N) is 5. The monoisotopic (exact) mass is 471 g/mol. The smallest absolute Gasteiger partial charge is 0.358 e. The summed E-state index contributed by atoms with van der Waals surface area (Å²) in [4.78, 5) is 17.9. The summed E-state index contributed by atoms with van der Waals surface area (Å²) in [7, 11) is -3.61. The molecule has 0 atom stereocenters. The number of halogens is 1. The Labute approximate surface area is 167 Å². The van der Waals surface area contributed by atoms with Crippen LogP contribution in [0.3, 0.4) is 0 Å². The molecule has 1 aromatic carbocycles. The van der Waals surface area contributed by atoms with Gasteiger partial charge in [-0.3, -0.25) is 0 Å². The van der Waals surface area contributed by atoms with Gasteiger partial charge in [0.1, 0.15) is 6.20 Å². The zero-order valence-corrected chi connectivity index (χ0v) is 17.1. The minimum Gasteiger partial charge on any atom is -0.358 e. The van der Waals surface area contributed by atoms with Crippen molar-refractivity contribution in [1.29, 1.82) is 0 Å². The Morgan fingerprint density at radius 3 is 2.63 bits per heavy atom. The van der Waals surface area contributed by atoms with Crippen LogP contribution in [0.4, 0.5) is 11.6 Å². The van der Waals surface area contributed by atoms with Crippen LogP contribution in [-0.4, -0.2) is 53.2 Å². The van der Waals surface area contributed by atoms with Gasteiger partial charge in [0.2, 0.25) is 15.8 Å². The van der Waals surface area contributed by atoms with Crippen molar-refractivity contribution in [2.45, 2.75) is 4.90 Å². The molecular formula is C15H14BrN5O4S2. The molecule has 1 fully saturated rings. The highest BCUT2D eigenvalue weighted by Crippen LogP contribution is 2.32. The average Bonchev–Trinajstić information content (AvgIpc) is 3.22. The van der Waals surface area contributed by atoms with Gasteiger partial charge in [-0.15, -0.1) is 0 Å². The van der Waals surface area contributed by atoms with Gasteiger partial charge in [-0.1, -0.05) is 33.3 Å². The maximum Gasteiger partial charge on any atom is 0.373 e. The normalized spacial score (nSPS) is 16.1. The van der Waals surface area contributed by atoms with E-state index in [0.29, 0.717) is 22.5 Å². The van der Waals surface area contributed by atoms with Crippen molar-refractivity contribution in [3.8, 4) is 0 Å². The van der Waals surface area contributed by atoms with Crippen molar-refractivity contribution in [2.24, 2.45) is 0 Å². The van der Waals surface area contributed by atoms with Gasteiger partial charge in [-0.2, -0.15) is 13.7 Å². The first-order valence-corrected chi connectivity index (χ1v) is 11.1. The molecule has 0 amide bonds. The number of benzene rings is 1. The van der Waals surface area contributed by atoms with Gasteiger partial charge in [-0.05, 0) is 23.1 Å². The Kier molecular flexibility index (Phi) is 4.66. The molecule has 3 aromatic rings. The zero-order valence-electron chi connectivity index (χ0n) is 13.9. The van der Waals surface area contributed by atoms with Gasteiger partial charge in [0, 0.05) is 36.0 Å². The first-order valence-electron chi connectivity index (χ1n) is 7.98. The number of thiazole rings is 1. The maximum absolute atomic E-state index is 12.8. The molecule has 1 aliphatic heterocycles. The van der Waals surface area contributed by atoms with E-state index in [1.807, 2.05) is 0 Å². The van der Waals surface area contributed by atoms with Crippen LogP contribution >= 0.6 is 27.3 Å². The lowest BCUT2D eigenvalue weighted by atomic mass is 10.3. The van der Waals surface area contributed by atoms with Gasteiger partial charge in [-0.25, -0.2) is 8.42 Å². The number of aromatic nitrogens is 2. The number of anilines is 1. The molecule has 0 saturated carbocycles. The molecule has 2 aromatic heterocycles. The number of hydrogen-bond donors (Lipinski definition) is 0. The molecule has 0 unspecified atom stereocenters. The highest BCUT2D eigenvalue weighted by atomic mass is 79.9. The van der Waals surface area contributed by atoms with Crippen LogP contribution in [0.5, 0.6) is 0 Å². The summed E-state index contributed by atoms with van der Waals surface area (Å²) in [6.45, 7) is 1.13. The summed E-state index contributed by atoms with van der Waals surface area (Å²) in [6, 6.07) is 6.56. The SMILES string of the molecule is O=[N+]([O-])c1c(N2CCN(S(=O)(=O)c3cccc(Br)c3)CC2)nc2sccn12. The van der Waals surface area contributed by atoms with E-state index >= 15 is 0 Å². The highest BCUT2D eigenvalue weighted by molar-refractivity contribution is 9.10. The van der Waals surface area contributed by atoms with E-state index in [1.165, 1.54) is 20.0 Å². The Balaban J connectivity index is 1.57. The lowest BCUT2D eigenvalue weighted by molar-refractivity contribution is -0.389. The second kappa shape index (κ2) is 6.86. The summed E-state index contributed by atoms with van der Waals surface area (Å²) in [5.74, 6) is 0.195. The van der Waals surface area contributed by atoms with Crippen LogP contribution in [0.25, 0.3) is 4.96 Å². The number of nitro groups is 1. The molecule has 0 radical (unpaired) electrons. The molecule has 0 spiro atoms. The fraction of sp³-hybridized carbons (Fsp3) is 0.267. The Morgan fingerprint density at radius 2 is 1.96 bits per heavy atom. The van der Waals surface area contributed by atoms with Crippen molar-refractivity contribution in [3.05, 3.63) is 50.4 Å². The number of rotatable bonds is 4. The van der Waals surface area contributed by atoms with E-state index < -0.39 is 14.9 Å². The minimum atomic E-state index is -3.61. The molecule has 3 heterocycles. The summed E-state index contributed by atoms with van der Waals surface area (Å²) < 4.78 is 29.2. The molecular weight excluding hydrogens is 458 g/mol. The molecule has 142 valence electrons. The van der Waals surface area contributed by atoms with Crippen molar-refractivity contribution < 1.29 is 13.3 Å². The van der Waals surface area contributed by atoms with Gasteiger partial charge < -0.3 is 15.0 Å². The largest absolute Gasteiger partial charge is 0.373 e. The average molecular weight is 472 g/mol. The van der Waals surface area contributed by atoms with E-state index in [0.717, 1.165) is 0 Å². The van der Waals surface area contributed by atoms with Crippen LogP contribution in [0, 0.1) is 10.1 Å². The zero-order chi connectivity index (χ0) is 19.2. The highest BCUT2D eigenvalue weighted by Gasteiger charge is 2.33. The third kappa shape index (κ3) is 3.22. The molecule has 12 heteroatoms. The summed E-state index contributed by atoms with van der Waals surface area (Å²) in [5, 5.41) is 13.2.